The maximum Gasteiger partial charge on any atom is 0.230 e. The Morgan fingerprint density at radius 2 is 1.93 bits per heavy atom. The van der Waals surface area contributed by atoms with E-state index < -0.39 is 0 Å². The Hall–Kier alpha value is -2.21. The molecule has 1 amide bonds. The van der Waals surface area contributed by atoms with Gasteiger partial charge in [-0.25, -0.2) is 0 Å². The van der Waals surface area contributed by atoms with Crippen LogP contribution in [0.2, 0.25) is 0 Å². The highest BCUT2D eigenvalue weighted by molar-refractivity contribution is 5.84. The Morgan fingerprint density at radius 1 is 1.19 bits per heavy atom. The maximum atomic E-state index is 13.0. The largest absolute Gasteiger partial charge is 0.424 e. The van der Waals surface area contributed by atoms with Gasteiger partial charge in [0, 0.05) is 20.0 Å². The van der Waals surface area contributed by atoms with Crippen molar-refractivity contribution in [2.75, 3.05) is 26.2 Å². The van der Waals surface area contributed by atoms with Crippen molar-refractivity contribution in [1.29, 1.82) is 0 Å². The minimum absolute atomic E-state index is 0.00922. The minimum atomic E-state index is -0.00922. The van der Waals surface area contributed by atoms with Gasteiger partial charge in [-0.05, 0) is 50.3 Å². The molecule has 1 atom stereocenters. The molecule has 0 bridgehead atoms. The van der Waals surface area contributed by atoms with E-state index in [9.17, 15) is 4.79 Å². The number of aryl methyl sites for hydroxylation is 1. The van der Waals surface area contributed by atoms with Gasteiger partial charge >= 0.3 is 0 Å². The molecule has 0 N–H and O–H groups in total. The zero-order valence-corrected chi connectivity index (χ0v) is 16.2. The Bertz CT molecular complexity index is 780. The highest BCUT2D eigenvalue weighted by Gasteiger charge is 2.45. The number of rotatable bonds is 4. The second kappa shape index (κ2) is 7.43. The van der Waals surface area contributed by atoms with Crippen LogP contribution in [0.4, 0.5) is 0 Å². The lowest BCUT2D eigenvalue weighted by Gasteiger charge is -2.49. The van der Waals surface area contributed by atoms with E-state index in [1.165, 1.54) is 0 Å². The molecule has 1 aromatic heterocycles. The summed E-state index contributed by atoms with van der Waals surface area (Å²) < 4.78 is 5.53. The van der Waals surface area contributed by atoms with Crippen LogP contribution < -0.4 is 0 Å². The van der Waals surface area contributed by atoms with Gasteiger partial charge in [0.1, 0.15) is 0 Å². The molecule has 3 heterocycles. The highest BCUT2D eigenvalue weighted by Crippen LogP contribution is 2.45. The lowest BCUT2D eigenvalue weighted by Crippen LogP contribution is -2.53. The van der Waals surface area contributed by atoms with Crippen molar-refractivity contribution < 1.29 is 9.21 Å². The van der Waals surface area contributed by atoms with E-state index in [2.05, 4.69) is 39.1 Å². The van der Waals surface area contributed by atoms with E-state index in [0.717, 1.165) is 57.5 Å². The van der Waals surface area contributed by atoms with Gasteiger partial charge in [0.05, 0.1) is 12.5 Å². The number of benzene rings is 1. The van der Waals surface area contributed by atoms with Crippen LogP contribution >= 0.6 is 0 Å². The lowest BCUT2D eigenvalue weighted by atomic mass is 9.67. The average molecular weight is 368 g/mol. The van der Waals surface area contributed by atoms with Crippen molar-refractivity contribution in [3.63, 3.8) is 0 Å². The summed E-state index contributed by atoms with van der Waals surface area (Å²) in [5.41, 5.74) is 1.37. The van der Waals surface area contributed by atoms with Gasteiger partial charge < -0.3 is 9.32 Å². The van der Waals surface area contributed by atoms with Crippen LogP contribution in [-0.2, 0) is 11.3 Å². The Morgan fingerprint density at radius 3 is 2.56 bits per heavy atom. The number of carbonyl (C=O) groups is 1. The molecule has 2 aliphatic heterocycles. The summed E-state index contributed by atoms with van der Waals surface area (Å²) in [7, 11) is 0. The van der Waals surface area contributed by atoms with Gasteiger partial charge in [-0.1, -0.05) is 30.3 Å². The predicted molar refractivity (Wildman–Crippen MR) is 102 cm³/mol. The first-order chi connectivity index (χ1) is 13.1. The number of carbonyl (C=O) groups excluding carboxylic acids is 1. The summed E-state index contributed by atoms with van der Waals surface area (Å²) in [5.74, 6) is 1.59. The maximum absolute atomic E-state index is 13.0. The van der Waals surface area contributed by atoms with E-state index >= 15 is 0 Å². The van der Waals surface area contributed by atoms with Crippen LogP contribution in [0.3, 0.4) is 0 Å². The molecule has 6 heteroatoms. The molecule has 2 aliphatic rings. The third-order valence-electron chi connectivity index (χ3n) is 6.20. The molecule has 0 saturated carbocycles. The van der Waals surface area contributed by atoms with E-state index in [1.807, 2.05) is 25.1 Å². The van der Waals surface area contributed by atoms with Crippen molar-refractivity contribution in [1.82, 2.24) is 20.0 Å². The summed E-state index contributed by atoms with van der Waals surface area (Å²) in [4.78, 5) is 17.4. The second-order valence-corrected chi connectivity index (χ2v) is 8.01. The molecule has 6 nitrogen and oxygen atoms in total. The quantitative estimate of drug-likeness (QED) is 0.830. The number of hydrogen-bond acceptors (Lipinski definition) is 5. The fourth-order valence-corrected chi connectivity index (χ4v) is 4.64. The number of aromatic nitrogens is 2. The van der Waals surface area contributed by atoms with E-state index in [4.69, 9.17) is 4.42 Å². The number of hydrogen-bond donors (Lipinski definition) is 0. The highest BCUT2D eigenvalue weighted by atomic mass is 16.4. The van der Waals surface area contributed by atoms with Crippen molar-refractivity contribution in [3.05, 3.63) is 47.7 Å². The van der Waals surface area contributed by atoms with Crippen molar-refractivity contribution >= 4 is 5.91 Å². The first-order valence-electron chi connectivity index (χ1n) is 9.94. The molecule has 1 spiro atoms. The van der Waals surface area contributed by atoms with Gasteiger partial charge in [0.15, 0.2) is 0 Å². The minimum Gasteiger partial charge on any atom is -0.424 e. The Labute approximate surface area is 160 Å². The smallest absolute Gasteiger partial charge is 0.230 e. The van der Waals surface area contributed by atoms with Crippen molar-refractivity contribution in [2.45, 2.75) is 45.6 Å². The van der Waals surface area contributed by atoms with Crippen LogP contribution in [0.15, 0.2) is 34.7 Å². The number of likely N-dealkylation sites (N-methyl/N-ethyl adjacent to an activating group) is 1. The molecule has 0 aliphatic carbocycles. The van der Waals surface area contributed by atoms with E-state index in [0.29, 0.717) is 11.8 Å². The fourth-order valence-electron chi connectivity index (χ4n) is 4.64. The summed E-state index contributed by atoms with van der Waals surface area (Å²) in [6.07, 6.45) is 3.17. The molecule has 1 aromatic carbocycles. The van der Waals surface area contributed by atoms with Crippen molar-refractivity contribution in [3.8, 4) is 0 Å². The number of amides is 1. The van der Waals surface area contributed by atoms with Crippen LogP contribution in [0, 0.1) is 12.3 Å². The van der Waals surface area contributed by atoms with Gasteiger partial charge in [-0.2, -0.15) is 0 Å². The molecule has 1 unspecified atom stereocenters. The van der Waals surface area contributed by atoms with Crippen LogP contribution in [0.5, 0.6) is 0 Å². The van der Waals surface area contributed by atoms with Crippen LogP contribution in [-0.4, -0.2) is 52.1 Å². The molecular formula is C21H28N4O2. The van der Waals surface area contributed by atoms with Gasteiger partial charge in [-0.3, -0.25) is 9.69 Å². The molecule has 2 fully saturated rings. The second-order valence-electron chi connectivity index (χ2n) is 8.01. The summed E-state index contributed by atoms with van der Waals surface area (Å²) in [6.45, 7) is 8.32. The van der Waals surface area contributed by atoms with Crippen LogP contribution in [0.1, 0.15) is 49.4 Å². The SMILES string of the molecule is CCN1CC2(CCN(Cc3nnc(C)o3)CC2)CC(c2ccccc2)C1=O. The van der Waals surface area contributed by atoms with Gasteiger partial charge in [0.2, 0.25) is 17.7 Å². The predicted octanol–water partition coefficient (Wildman–Crippen LogP) is 3.00. The third kappa shape index (κ3) is 3.76. The molecule has 4 rings (SSSR count). The Balaban J connectivity index is 1.47. The zero-order chi connectivity index (χ0) is 18.9. The molecule has 2 saturated heterocycles. The first kappa shape index (κ1) is 18.2. The lowest BCUT2D eigenvalue weighted by molar-refractivity contribution is -0.141. The molecule has 0 radical (unpaired) electrons. The monoisotopic (exact) mass is 368 g/mol. The molecule has 144 valence electrons. The average Bonchev–Trinajstić information content (AvgIpc) is 3.11. The number of likely N-dealkylation sites (tertiary alicyclic amines) is 2. The molecule has 27 heavy (non-hydrogen) atoms. The molecular weight excluding hydrogens is 340 g/mol. The third-order valence-corrected chi connectivity index (χ3v) is 6.20. The standard InChI is InChI=1S/C21H28N4O2/c1-3-25-15-21(13-18(20(25)26)17-7-5-4-6-8-17)9-11-24(12-10-21)14-19-23-22-16(2)27-19/h4-8,18H,3,9-15H2,1-2H3. The van der Waals surface area contributed by atoms with Gasteiger partial charge in [0.25, 0.3) is 0 Å². The van der Waals surface area contributed by atoms with Gasteiger partial charge in [-0.15, -0.1) is 10.2 Å². The topological polar surface area (TPSA) is 62.5 Å². The van der Waals surface area contributed by atoms with Crippen LogP contribution in [0.25, 0.3) is 0 Å². The van der Waals surface area contributed by atoms with E-state index in [1.54, 1.807) is 0 Å². The normalized spacial score (nSPS) is 23.1. The zero-order valence-electron chi connectivity index (χ0n) is 16.2. The summed E-state index contributed by atoms with van der Waals surface area (Å²) >= 11 is 0. The fraction of sp³-hybridized carbons (Fsp3) is 0.571. The number of nitrogens with zero attached hydrogens (tertiary/aromatic N) is 4. The van der Waals surface area contributed by atoms with E-state index in [-0.39, 0.29) is 17.2 Å². The molecule has 2 aromatic rings. The summed E-state index contributed by atoms with van der Waals surface area (Å²) in [5, 5.41) is 8.04. The first-order valence-corrected chi connectivity index (χ1v) is 9.94. The summed E-state index contributed by atoms with van der Waals surface area (Å²) in [6, 6.07) is 10.3. The van der Waals surface area contributed by atoms with Crippen molar-refractivity contribution in [2.24, 2.45) is 5.41 Å². The number of piperidine rings is 2. The Kier molecular flexibility index (Phi) is 5.00.